The van der Waals surface area contributed by atoms with E-state index in [0.717, 1.165) is 18.0 Å². The zero-order chi connectivity index (χ0) is 21.3. The zero-order valence-corrected chi connectivity index (χ0v) is 19.4. The fourth-order valence-electron chi connectivity index (χ4n) is 3.70. The highest BCUT2D eigenvalue weighted by Crippen LogP contribution is 2.23. The molecule has 4 rings (SSSR count). The Morgan fingerprint density at radius 1 is 0.806 bits per heavy atom. The Balaban J connectivity index is 1.21. The second-order valence-electron chi connectivity index (χ2n) is 7.82. The lowest BCUT2D eigenvalue weighted by Gasteiger charge is -2.28. The third-order valence-corrected chi connectivity index (χ3v) is 6.80. The average Bonchev–Trinajstić information content (AvgIpc) is 2.84. The molecule has 1 saturated heterocycles. The van der Waals surface area contributed by atoms with Crippen molar-refractivity contribution in [3.63, 3.8) is 0 Å². The summed E-state index contributed by atoms with van der Waals surface area (Å²) >= 11 is 7.32. The number of benzene rings is 3. The first kappa shape index (κ1) is 21.7. The van der Waals surface area contributed by atoms with Crippen LogP contribution in [-0.2, 0) is 12.3 Å². The van der Waals surface area contributed by atoms with Gasteiger partial charge in [-0.2, -0.15) is 0 Å². The van der Waals surface area contributed by atoms with E-state index in [0.29, 0.717) is 5.11 Å². The molecular weight excluding hydrogens is 418 g/mol. The minimum absolute atomic E-state index is 0.645. The Kier molecular flexibility index (Phi) is 7.86. The van der Waals surface area contributed by atoms with Gasteiger partial charge in [0, 0.05) is 41.7 Å². The van der Waals surface area contributed by atoms with Crippen molar-refractivity contribution in [2.75, 3.05) is 23.3 Å². The number of piperidine rings is 1. The molecule has 0 spiro atoms. The van der Waals surface area contributed by atoms with E-state index >= 15 is 0 Å². The maximum absolute atomic E-state index is 5.48. The third-order valence-electron chi connectivity index (χ3n) is 5.47. The van der Waals surface area contributed by atoms with E-state index in [1.807, 2.05) is 17.8 Å². The van der Waals surface area contributed by atoms with Gasteiger partial charge < -0.3 is 15.5 Å². The van der Waals surface area contributed by atoms with Crippen molar-refractivity contribution in [2.24, 2.45) is 0 Å². The Morgan fingerprint density at radius 2 is 1.48 bits per heavy atom. The molecule has 0 aliphatic carbocycles. The summed E-state index contributed by atoms with van der Waals surface area (Å²) < 4.78 is 0. The van der Waals surface area contributed by atoms with Gasteiger partial charge in [0.2, 0.25) is 0 Å². The minimum atomic E-state index is 0.645. The van der Waals surface area contributed by atoms with Crippen LogP contribution < -0.4 is 15.5 Å². The van der Waals surface area contributed by atoms with E-state index in [9.17, 15) is 0 Å². The van der Waals surface area contributed by atoms with Crippen molar-refractivity contribution >= 4 is 40.5 Å². The van der Waals surface area contributed by atoms with Crippen LogP contribution in [0.3, 0.4) is 0 Å². The van der Waals surface area contributed by atoms with Crippen LogP contribution in [0.4, 0.5) is 11.4 Å². The van der Waals surface area contributed by atoms with Gasteiger partial charge in [0.05, 0.1) is 0 Å². The van der Waals surface area contributed by atoms with Crippen LogP contribution in [-0.4, -0.2) is 18.2 Å². The van der Waals surface area contributed by atoms with Crippen LogP contribution in [0.2, 0.25) is 0 Å². The molecule has 0 amide bonds. The molecule has 0 aromatic heterocycles. The van der Waals surface area contributed by atoms with Crippen LogP contribution in [0.15, 0.2) is 83.8 Å². The summed E-state index contributed by atoms with van der Waals surface area (Å²) in [5.74, 6) is 0.959. The summed E-state index contributed by atoms with van der Waals surface area (Å²) in [5.41, 5.74) is 4.87. The van der Waals surface area contributed by atoms with Crippen molar-refractivity contribution in [3.8, 4) is 0 Å². The van der Waals surface area contributed by atoms with Gasteiger partial charge in [-0.15, -0.1) is 11.8 Å². The topological polar surface area (TPSA) is 27.3 Å². The number of thioether (sulfide) groups is 1. The van der Waals surface area contributed by atoms with Gasteiger partial charge in [-0.25, -0.2) is 0 Å². The van der Waals surface area contributed by atoms with Crippen LogP contribution in [0.25, 0.3) is 0 Å². The predicted octanol–water partition coefficient (Wildman–Crippen LogP) is 6.46. The van der Waals surface area contributed by atoms with Crippen LogP contribution in [0, 0.1) is 0 Å². The molecule has 3 nitrogen and oxygen atoms in total. The highest BCUT2D eigenvalue weighted by molar-refractivity contribution is 7.98. The number of nitrogens with one attached hydrogen (secondary N) is 2. The highest BCUT2D eigenvalue weighted by Gasteiger charge is 2.10. The lowest BCUT2D eigenvalue weighted by molar-refractivity contribution is 0.578. The first-order chi connectivity index (χ1) is 15.3. The second kappa shape index (κ2) is 11.2. The summed E-state index contributed by atoms with van der Waals surface area (Å²) in [4.78, 5) is 3.77. The van der Waals surface area contributed by atoms with Crippen molar-refractivity contribution in [3.05, 3.63) is 90.0 Å². The summed E-state index contributed by atoms with van der Waals surface area (Å²) in [5, 5.41) is 7.24. The van der Waals surface area contributed by atoms with Gasteiger partial charge in [0.15, 0.2) is 5.11 Å². The third kappa shape index (κ3) is 6.74. The maximum atomic E-state index is 5.48. The Bertz CT molecular complexity index is 950. The molecule has 0 saturated carbocycles. The lowest BCUT2D eigenvalue weighted by atomic mass is 10.1. The molecule has 2 N–H and O–H groups in total. The summed E-state index contributed by atoms with van der Waals surface area (Å²) in [6.45, 7) is 3.07. The molecule has 1 heterocycles. The number of thiocarbonyl (C=S) groups is 1. The van der Waals surface area contributed by atoms with Gasteiger partial charge in [-0.05, 0) is 79.0 Å². The van der Waals surface area contributed by atoms with Gasteiger partial charge in [0.1, 0.15) is 0 Å². The fourth-order valence-corrected chi connectivity index (χ4v) is 4.77. The molecule has 0 radical (unpaired) electrons. The van der Waals surface area contributed by atoms with Crippen molar-refractivity contribution in [1.29, 1.82) is 0 Å². The number of hydrogen-bond acceptors (Lipinski definition) is 3. The molecule has 160 valence electrons. The van der Waals surface area contributed by atoms with Crippen LogP contribution >= 0.6 is 24.0 Å². The Labute approximate surface area is 195 Å². The van der Waals surface area contributed by atoms with Gasteiger partial charge in [-0.3, -0.25) is 0 Å². The highest BCUT2D eigenvalue weighted by atomic mass is 32.2. The number of nitrogens with zero attached hydrogens (tertiary/aromatic N) is 1. The Morgan fingerprint density at radius 3 is 2.19 bits per heavy atom. The molecule has 1 aliphatic rings. The van der Waals surface area contributed by atoms with E-state index in [4.69, 9.17) is 12.2 Å². The first-order valence-electron chi connectivity index (χ1n) is 10.9. The second-order valence-corrected chi connectivity index (χ2v) is 9.28. The molecule has 0 bridgehead atoms. The van der Waals surface area contributed by atoms with Gasteiger partial charge in [-0.1, -0.05) is 42.5 Å². The number of hydrogen-bond donors (Lipinski definition) is 2. The molecule has 3 aromatic carbocycles. The lowest BCUT2D eigenvalue weighted by Crippen LogP contribution is -2.29. The number of rotatable bonds is 7. The molecule has 31 heavy (non-hydrogen) atoms. The summed E-state index contributed by atoms with van der Waals surface area (Å²) in [6.07, 6.45) is 3.96. The molecule has 1 fully saturated rings. The van der Waals surface area contributed by atoms with Crippen molar-refractivity contribution in [2.45, 2.75) is 36.5 Å². The normalized spacial score (nSPS) is 13.6. The number of anilines is 2. The van der Waals surface area contributed by atoms with Crippen molar-refractivity contribution in [1.82, 2.24) is 5.32 Å². The van der Waals surface area contributed by atoms with Crippen LogP contribution in [0.5, 0.6) is 0 Å². The van der Waals surface area contributed by atoms with Crippen LogP contribution in [0.1, 0.15) is 30.4 Å². The first-order valence-corrected chi connectivity index (χ1v) is 12.3. The quantitative estimate of drug-likeness (QED) is 0.320. The molecular formula is C26H29N3S2. The summed E-state index contributed by atoms with van der Waals surface area (Å²) in [7, 11) is 0. The molecule has 3 aromatic rings. The van der Waals surface area contributed by atoms with E-state index in [-0.39, 0.29) is 0 Å². The van der Waals surface area contributed by atoms with Crippen molar-refractivity contribution < 1.29 is 0 Å². The predicted molar refractivity (Wildman–Crippen MR) is 138 cm³/mol. The fraction of sp³-hybridized carbons (Fsp3) is 0.269. The molecule has 5 heteroatoms. The van der Waals surface area contributed by atoms with Gasteiger partial charge >= 0.3 is 0 Å². The summed E-state index contributed by atoms with van der Waals surface area (Å²) in [6, 6.07) is 27.8. The van der Waals surface area contributed by atoms with E-state index in [2.05, 4.69) is 88.3 Å². The SMILES string of the molecule is S=C(NCc1ccc(N2CCCCC2)cc1)Nc1ccc(CSc2ccccc2)cc1. The average molecular weight is 448 g/mol. The van der Waals surface area contributed by atoms with E-state index < -0.39 is 0 Å². The van der Waals surface area contributed by atoms with Gasteiger partial charge in [0.25, 0.3) is 0 Å². The monoisotopic (exact) mass is 447 g/mol. The van der Waals surface area contributed by atoms with E-state index in [1.165, 1.54) is 54.1 Å². The zero-order valence-electron chi connectivity index (χ0n) is 17.7. The Hall–Kier alpha value is -2.50. The molecule has 0 unspecified atom stereocenters. The maximum Gasteiger partial charge on any atom is 0.171 e. The molecule has 1 aliphatic heterocycles. The minimum Gasteiger partial charge on any atom is -0.372 e. The largest absolute Gasteiger partial charge is 0.372 e. The van der Waals surface area contributed by atoms with E-state index in [1.54, 1.807) is 0 Å². The standard InChI is InChI=1S/C26H29N3S2/c30-26(27-19-21-11-15-24(16-12-21)29-17-5-2-6-18-29)28-23-13-9-22(10-14-23)20-31-25-7-3-1-4-8-25/h1,3-4,7-16H,2,5-6,17-20H2,(H2,27,28,30). The smallest absolute Gasteiger partial charge is 0.171 e. The molecule has 0 atom stereocenters.